The highest BCUT2D eigenvalue weighted by Gasteiger charge is 2.30. The Morgan fingerprint density at radius 2 is 2.00 bits per heavy atom. The zero-order valence-electron chi connectivity index (χ0n) is 10.7. The maximum absolute atomic E-state index is 12.4. The van der Waals surface area contributed by atoms with Crippen LogP contribution in [0.3, 0.4) is 0 Å². The molecule has 5 heteroatoms. The number of carbonyl (C=O) groups is 1. The number of hydrogen-bond acceptors (Lipinski definition) is 2. The molecule has 1 heterocycles. The fraction of sp³-hybridized carbons (Fsp3) is 0.750. The molecule has 0 aromatic heterocycles. The highest BCUT2D eigenvalue weighted by molar-refractivity contribution is 5.68. The van der Waals surface area contributed by atoms with Gasteiger partial charge in [0.2, 0.25) is 0 Å². The monoisotopic (exact) mass is 247 g/mol. The van der Waals surface area contributed by atoms with E-state index in [2.05, 4.69) is 0 Å². The number of amides is 1. The second-order valence-corrected chi connectivity index (χ2v) is 5.34. The van der Waals surface area contributed by atoms with Gasteiger partial charge in [-0.1, -0.05) is 0 Å². The minimum absolute atomic E-state index is 0.150. The van der Waals surface area contributed by atoms with Crippen LogP contribution in [0.25, 0.3) is 0 Å². The Labute approximate surface area is 100 Å². The zero-order chi connectivity index (χ0) is 13.2. The van der Waals surface area contributed by atoms with E-state index < -0.39 is 17.8 Å². The topological polar surface area (TPSA) is 29.5 Å². The van der Waals surface area contributed by atoms with Gasteiger partial charge in [-0.3, -0.25) is 0 Å². The molecule has 1 rings (SSSR count). The van der Waals surface area contributed by atoms with E-state index in [1.54, 1.807) is 27.7 Å². The van der Waals surface area contributed by atoms with Gasteiger partial charge in [-0.2, -0.15) is 8.78 Å². The van der Waals surface area contributed by atoms with Crippen LogP contribution in [0.15, 0.2) is 11.7 Å². The molecule has 0 aromatic rings. The molecule has 17 heavy (non-hydrogen) atoms. The smallest absolute Gasteiger partial charge is 0.410 e. The van der Waals surface area contributed by atoms with E-state index in [9.17, 15) is 13.6 Å². The predicted octanol–water partition coefficient (Wildman–Crippen LogP) is 3.56. The number of piperidine rings is 1. The van der Waals surface area contributed by atoms with Gasteiger partial charge >= 0.3 is 6.09 Å². The summed E-state index contributed by atoms with van der Waals surface area (Å²) >= 11 is 0. The number of hydrogen-bond donors (Lipinski definition) is 0. The summed E-state index contributed by atoms with van der Waals surface area (Å²) in [6, 6.07) is -0.241. The van der Waals surface area contributed by atoms with Gasteiger partial charge in [-0.15, -0.1) is 0 Å². The van der Waals surface area contributed by atoms with Crippen LogP contribution in [0, 0.1) is 0 Å². The molecule has 1 saturated heterocycles. The summed E-state index contributed by atoms with van der Waals surface area (Å²) in [4.78, 5) is 13.3. The first-order valence-corrected chi connectivity index (χ1v) is 5.73. The highest BCUT2D eigenvalue weighted by Crippen LogP contribution is 2.27. The van der Waals surface area contributed by atoms with Crippen LogP contribution in [-0.4, -0.2) is 29.2 Å². The lowest BCUT2D eigenvalue weighted by molar-refractivity contribution is 0.0148. The van der Waals surface area contributed by atoms with E-state index in [0.717, 1.165) is 0 Å². The van der Waals surface area contributed by atoms with E-state index in [4.69, 9.17) is 4.74 Å². The molecule has 0 aliphatic carbocycles. The largest absolute Gasteiger partial charge is 0.444 e. The molecule has 1 fully saturated rings. The van der Waals surface area contributed by atoms with Crippen molar-refractivity contribution < 1.29 is 18.3 Å². The van der Waals surface area contributed by atoms with Crippen LogP contribution >= 0.6 is 0 Å². The van der Waals surface area contributed by atoms with Gasteiger partial charge in [0, 0.05) is 12.6 Å². The molecule has 1 aliphatic heterocycles. The summed E-state index contributed by atoms with van der Waals surface area (Å²) in [5.74, 6) is 0. The Bertz CT molecular complexity index is 330. The third kappa shape index (κ3) is 3.98. The maximum Gasteiger partial charge on any atom is 0.410 e. The molecule has 1 amide bonds. The van der Waals surface area contributed by atoms with Gasteiger partial charge in [0.05, 0.1) is 0 Å². The maximum atomic E-state index is 12.4. The lowest BCUT2D eigenvalue weighted by Gasteiger charge is -2.35. The summed E-state index contributed by atoms with van der Waals surface area (Å²) in [7, 11) is 0. The molecule has 0 aromatic carbocycles. The molecular formula is C12H19F2NO2. The lowest BCUT2D eigenvalue weighted by Crippen LogP contribution is -2.45. The van der Waals surface area contributed by atoms with Crippen molar-refractivity contribution in [3.05, 3.63) is 11.7 Å². The fourth-order valence-corrected chi connectivity index (χ4v) is 1.81. The highest BCUT2D eigenvalue weighted by atomic mass is 19.3. The van der Waals surface area contributed by atoms with Crippen molar-refractivity contribution in [2.24, 2.45) is 0 Å². The first-order chi connectivity index (χ1) is 7.70. The first kappa shape index (κ1) is 13.9. The molecule has 3 nitrogen and oxygen atoms in total. The fourth-order valence-electron chi connectivity index (χ4n) is 1.81. The molecule has 0 unspecified atom stereocenters. The standard InChI is InChI=1S/C12H19F2NO2/c1-8-7-9(10(13)14)5-6-15(8)11(16)17-12(2,3)4/h8H,5-7H2,1-4H3/t8-/m0/s1. The van der Waals surface area contributed by atoms with Crippen molar-refractivity contribution in [2.45, 2.75) is 52.2 Å². The average molecular weight is 247 g/mol. The van der Waals surface area contributed by atoms with Crippen LogP contribution in [-0.2, 0) is 4.74 Å². The third-order valence-electron chi connectivity index (χ3n) is 2.62. The SMILES string of the molecule is C[C@H]1CC(=C(F)F)CCN1C(=O)OC(C)(C)C. The average Bonchev–Trinajstić information content (AvgIpc) is 2.14. The van der Waals surface area contributed by atoms with Crippen molar-refractivity contribution in [3.8, 4) is 0 Å². The summed E-state index contributed by atoms with van der Waals surface area (Å²) in [5, 5.41) is 0. The first-order valence-electron chi connectivity index (χ1n) is 5.73. The summed E-state index contributed by atoms with van der Waals surface area (Å²) in [5.41, 5.74) is -0.407. The van der Waals surface area contributed by atoms with Gasteiger partial charge in [0.15, 0.2) is 0 Å². The Kier molecular flexibility index (Phi) is 4.11. The Balaban J connectivity index is 2.64. The molecule has 1 atom stereocenters. The van der Waals surface area contributed by atoms with Crippen molar-refractivity contribution in [1.29, 1.82) is 0 Å². The van der Waals surface area contributed by atoms with E-state index in [1.807, 2.05) is 0 Å². The van der Waals surface area contributed by atoms with E-state index in [0.29, 0.717) is 6.54 Å². The van der Waals surface area contributed by atoms with Gasteiger partial charge in [0.1, 0.15) is 5.60 Å². The number of likely N-dealkylation sites (tertiary alicyclic amines) is 1. The lowest BCUT2D eigenvalue weighted by atomic mass is 9.99. The quantitative estimate of drug-likeness (QED) is 0.655. The van der Waals surface area contributed by atoms with Crippen LogP contribution < -0.4 is 0 Å². The summed E-state index contributed by atoms with van der Waals surface area (Å²) in [6.07, 6.45) is -1.59. The minimum atomic E-state index is -1.61. The predicted molar refractivity (Wildman–Crippen MR) is 60.9 cm³/mol. The molecule has 0 spiro atoms. The molecule has 0 saturated carbocycles. The molecule has 0 N–H and O–H groups in total. The van der Waals surface area contributed by atoms with E-state index in [-0.39, 0.29) is 24.5 Å². The Hall–Kier alpha value is -1.13. The number of ether oxygens (including phenoxy) is 1. The van der Waals surface area contributed by atoms with Gasteiger partial charge in [-0.25, -0.2) is 4.79 Å². The molecule has 1 aliphatic rings. The van der Waals surface area contributed by atoms with Crippen LogP contribution in [0.2, 0.25) is 0 Å². The normalized spacial score (nSPS) is 21.4. The van der Waals surface area contributed by atoms with Crippen molar-refractivity contribution in [2.75, 3.05) is 6.54 Å². The van der Waals surface area contributed by atoms with Crippen molar-refractivity contribution in [3.63, 3.8) is 0 Å². The van der Waals surface area contributed by atoms with Gasteiger partial charge in [0.25, 0.3) is 6.08 Å². The van der Waals surface area contributed by atoms with Crippen LogP contribution in [0.4, 0.5) is 13.6 Å². The summed E-state index contributed by atoms with van der Waals surface area (Å²) in [6.45, 7) is 7.40. The van der Waals surface area contributed by atoms with E-state index >= 15 is 0 Å². The number of rotatable bonds is 0. The second kappa shape index (κ2) is 5.02. The molecule has 0 bridgehead atoms. The van der Waals surface area contributed by atoms with Crippen LogP contribution in [0.5, 0.6) is 0 Å². The minimum Gasteiger partial charge on any atom is -0.444 e. The number of nitrogens with zero attached hydrogens (tertiary/aromatic N) is 1. The van der Waals surface area contributed by atoms with Crippen LogP contribution in [0.1, 0.15) is 40.5 Å². The van der Waals surface area contributed by atoms with Crippen molar-refractivity contribution in [1.82, 2.24) is 4.90 Å². The second-order valence-electron chi connectivity index (χ2n) is 5.34. The zero-order valence-corrected chi connectivity index (χ0v) is 10.7. The van der Waals surface area contributed by atoms with Gasteiger partial charge < -0.3 is 9.64 Å². The van der Waals surface area contributed by atoms with Crippen molar-refractivity contribution >= 4 is 6.09 Å². The number of carbonyl (C=O) groups excluding carboxylic acids is 1. The van der Waals surface area contributed by atoms with Gasteiger partial charge in [-0.05, 0) is 46.1 Å². The third-order valence-corrected chi connectivity index (χ3v) is 2.62. The Morgan fingerprint density at radius 3 is 2.41 bits per heavy atom. The molecular weight excluding hydrogens is 228 g/mol. The molecule has 98 valence electrons. The summed E-state index contributed by atoms with van der Waals surface area (Å²) < 4.78 is 30.1. The Morgan fingerprint density at radius 1 is 1.41 bits per heavy atom. The molecule has 0 radical (unpaired) electrons. The van der Waals surface area contributed by atoms with E-state index in [1.165, 1.54) is 4.90 Å². The number of halogens is 2.